The Labute approximate surface area is 122 Å². The van der Waals surface area contributed by atoms with Crippen LogP contribution in [0.1, 0.15) is 16.7 Å². The molecular formula is C15H15ClN2S. The van der Waals surface area contributed by atoms with Crippen LogP contribution in [0.4, 0.5) is 0 Å². The fourth-order valence-electron chi connectivity index (χ4n) is 1.76. The summed E-state index contributed by atoms with van der Waals surface area (Å²) in [6.45, 7) is 4.17. The molecule has 0 bridgehead atoms. The highest BCUT2D eigenvalue weighted by Crippen LogP contribution is 2.34. The highest BCUT2D eigenvalue weighted by atomic mass is 35.5. The van der Waals surface area contributed by atoms with E-state index < -0.39 is 0 Å². The normalized spacial score (nSPS) is 10.5. The Balaban J connectivity index is 2.40. The summed E-state index contributed by atoms with van der Waals surface area (Å²) >= 11 is 7.69. The molecule has 0 amide bonds. The molecule has 0 aliphatic rings. The molecule has 98 valence electrons. The van der Waals surface area contributed by atoms with Gasteiger partial charge in [0, 0.05) is 15.4 Å². The Kier molecular flexibility index (Phi) is 4.17. The lowest BCUT2D eigenvalue weighted by Gasteiger charge is -2.10. The average Bonchev–Trinajstić information content (AvgIpc) is 2.33. The topological polar surface area (TPSA) is 49.9 Å². The van der Waals surface area contributed by atoms with E-state index in [9.17, 15) is 0 Å². The molecule has 0 atom stereocenters. The van der Waals surface area contributed by atoms with Crippen LogP contribution in [-0.2, 0) is 0 Å². The number of aryl methyl sites for hydroxylation is 2. The van der Waals surface area contributed by atoms with Crippen LogP contribution in [0.3, 0.4) is 0 Å². The van der Waals surface area contributed by atoms with Crippen molar-refractivity contribution in [2.75, 3.05) is 0 Å². The summed E-state index contributed by atoms with van der Waals surface area (Å²) in [7, 11) is 0. The van der Waals surface area contributed by atoms with Crippen molar-refractivity contribution in [1.82, 2.24) is 0 Å². The number of nitrogens with one attached hydrogen (secondary N) is 1. The second-order valence-electron chi connectivity index (χ2n) is 4.37. The molecule has 0 heterocycles. The van der Waals surface area contributed by atoms with E-state index in [2.05, 4.69) is 32.0 Å². The molecule has 0 aliphatic heterocycles. The van der Waals surface area contributed by atoms with Gasteiger partial charge in [0.25, 0.3) is 0 Å². The molecule has 0 radical (unpaired) electrons. The SMILES string of the molecule is Cc1ccc(Sc2cccc(Cl)c2C(=N)N)cc1C. The molecule has 0 aliphatic carbocycles. The van der Waals surface area contributed by atoms with Gasteiger partial charge >= 0.3 is 0 Å². The van der Waals surface area contributed by atoms with E-state index in [1.807, 2.05) is 12.1 Å². The van der Waals surface area contributed by atoms with Gasteiger partial charge in [-0.1, -0.05) is 35.5 Å². The van der Waals surface area contributed by atoms with Crippen LogP contribution in [0, 0.1) is 19.3 Å². The molecule has 0 saturated heterocycles. The van der Waals surface area contributed by atoms with Crippen molar-refractivity contribution in [2.24, 2.45) is 5.73 Å². The predicted molar refractivity (Wildman–Crippen MR) is 82.5 cm³/mol. The van der Waals surface area contributed by atoms with E-state index in [1.54, 1.807) is 17.8 Å². The van der Waals surface area contributed by atoms with Gasteiger partial charge in [0.15, 0.2) is 0 Å². The Morgan fingerprint density at radius 1 is 1.16 bits per heavy atom. The first-order valence-electron chi connectivity index (χ1n) is 5.87. The van der Waals surface area contributed by atoms with Gasteiger partial charge in [0.1, 0.15) is 5.84 Å². The van der Waals surface area contributed by atoms with Gasteiger partial charge in [-0.15, -0.1) is 0 Å². The van der Waals surface area contributed by atoms with Crippen molar-refractivity contribution in [3.63, 3.8) is 0 Å². The first-order valence-corrected chi connectivity index (χ1v) is 7.06. The highest BCUT2D eigenvalue weighted by Gasteiger charge is 2.11. The van der Waals surface area contributed by atoms with Crippen molar-refractivity contribution >= 4 is 29.2 Å². The van der Waals surface area contributed by atoms with Gasteiger partial charge in [-0.3, -0.25) is 5.41 Å². The molecule has 2 rings (SSSR count). The highest BCUT2D eigenvalue weighted by molar-refractivity contribution is 7.99. The summed E-state index contributed by atoms with van der Waals surface area (Å²) in [5.74, 6) is -0.00284. The summed E-state index contributed by atoms with van der Waals surface area (Å²) in [6, 6.07) is 11.8. The Morgan fingerprint density at radius 2 is 1.89 bits per heavy atom. The van der Waals surface area contributed by atoms with Crippen LogP contribution in [-0.4, -0.2) is 5.84 Å². The third-order valence-electron chi connectivity index (χ3n) is 2.95. The summed E-state index contributed by atoms with van der Waals surface area (Å²) in [6.07, 6.45) is 0. The fraction of sp³-hybridized carbons (Fsp3) is 0.133. The molecule has 0 saturated carbocycles. The van der Waals surface area contributed by atoms with E-state index in [-0.39, 0.29) is 5.84 Å². The average molecular weight is 291 g/mol. The standard InChI is InChI=1S/C15H15ClN2S/c1-9-6-7-11(8-10(9)2)19-13-5-3-4-12(16)14(13)15(17)18/h3-8H,1-2H3,(H3,17,18). The lowest BCUT2D eigenvalue weighted by atomic mass is 10.1. The smallest absolute Gasteiger partial charge is 0.125 e. The molecule has 4 heteroatoms. The number of hydrogen-bond acceptors (Lipinski definition) is 2. The number of rotatable bonds is 3. The molecule has 2 aromatic rings. The van der Waals surface area contributed by atoms with Crippen molar-refractivity contribution in [3.05, 3.63) is 58.1 Å². The zero-order chi connectivity index (χ0) is 14.0. The molecule has 3 N–H and O–H groups in total. The minimum Gasteiger partial charge on any atom is -0.384 e. The Bertz CT molecular complexity index is 638. The molecular weight excluding hydrogens is 276 g/mol. The van der Waals surface area contributed by atoms with Crippen LogP contribution in [0.2, 0.25) is 5.02 Å². The van der Waals surface area contributed by atoms with E-state index in [0.717, 1.165) is 9.79 Å². The second-order valence-corrected chi connectivity index (χ2v) is 5.90. The number of halogens is 1. The first kappa shape index (κ1) is 14.0. The summed E-state index contributed by atoms with van der Waals surface area (Å²) in [5.41, 5.74) is 8.73. The van der Waals surface area contributed by atoms with Crippen LogP contribution < -0.4 is 5.73 Å². The third-order valence-corrected chi connectivity index (χ3v) is 4.32. The minimum atomic E-state index is -0.00284. The summed E-state index contributed by atoms with van der Waals surface area (Å²) in [4.78, 5) is 2.02. The van der Waals surface area contributed by atoms with Gasteiger partial charge in [0.2, 0.25) is 0 Å². The van der Waals surface area contributed by atoms with Gasteiger partial charge < -0.3 is 5.73 Å². The number of hydrogen-bond donors (Lipinski definition) is 2. The maximum absolute atomic E-state index is 7.64. The van der Waals surface area contributed by atoms with Crippen molar-refractivity contribution < 1.29 is 0 Å². The van der Waals surface area contributed by atoms with Gasteiger partial charge in [-0.05, 0) is 49.2 Å². The zero-order valence-corrected chi connectivity index (χ0v) is 12.4. The third kappa shape index (κ3) is 3.11. The molecule has 2 aromatic carbocycles. The van der Waals surface area contributed by atoms with E-state index in [1.165, 1.54) is 11.1 Å². The zero-order valence-electron chi connectivity index (χ0n) is 10.8. The van der Waals surface area contributed by atoms with Crippen LogP contribution >= 0.6 is 23.4 Å². The lowest BCUT2D eigenvalue weighted by molar-refractivity contribution is 1.27. The largest absolute Gasteiger partial charge is 0.384 e. The summed E-state index contributed by atoms with van der Waals surface area (Å²) < 4.78 is 0. The molecule has 0 fully saturated rings. The van der Waals surface area contributed by atoms with Crippen molar-refractivity contribution in [2.45, 2.75) is 23.6 Å². The molecule has 0 aromatic heterocycles. The van der Waals surface area contributed by atoms with Crippen LogP contribution in [0.15, 0.2) is 46.2 Å². The van der Waals surface area contributed by atoms with Crippen molar-refractivity contribution in [1.29, 1.82) is 5.41 Å². The van der Waals surface area contributed by atoms with E-state index in [0.29, 0.717) is 10.6 Å². The molecule has 0 spiro atoms. The van der Waals surface area contributed by atoms with Crippen molar-refractivity contribution in [3.8, 4) is 0 Å². The number of benzene rings is 2. The second kappa shape index (κ2) is 5.68. The fourth-order valence-corrected chi connectivity index (χ4v) is 3.18. The number of amidine groups is 1. The Morgan fingerprint density at radius 3 is 2.53 bits per heavy atom. The minimum absolute atomic E-state index is 0.00284. The summed E-state index contributed by atoms with van der Waals surface area (Å²) in [5, 5.41) is 8.15. The van der Waals surface area contributed by atoms with E-state index >= 15 is 0 Å². The number of nitrogens with two attached hydrogens (primary N) is 1. The number of nitrogen functional groups attached to an aromatic ring is 1. The maximum atomic E-state index is 7.64. The van der Waals surface area contributed by atoms with Crippen LogP contribution in [0.5, 0.6) is 0 Å². The Hall–Kier alpha value is -1.45. The quantitative estimate of drug-likeness (QED) is 0.650. The van der Waals surface area contributed by atoms with Crippen LogP contribution in [0.25, 0.3) is 0 Å². The molecule has 0 unspecified atom stereocenters. The maximum Gasteiger partial charge on any atom is 0.125 e. The molecule has 2 nitrogen and oxygen atoms in total. The van der Waals surface area contributed by atoms with Gasteiger partial charge in [-0.25, -0.2) is 0 Å². The predicted octanol–water partition coefficient (Wildman–Crippen LogP) is 4.39. The lowest BCUT2D eigenvalue weighted by Crippen LogP contribution is -2.12. The first-order chi connectivity index (χ1) is 8.99. The van der Waals surface area contributed by atoms with Gasteiger partial charge in [-0.2, -0.15) is 0 Å². The van der Waals surface area contributed by atoms with Gasteiger partial charge in [0.05, 0.1) is 5.02 Å². The molecule has 19 heavy (non-hydrogen) atoms. The monoisotopic (exact) mass is 290 g/mol. The van der Waals surface area contributed by atoms with E-state index in [4.69, 9.17) is 22.7 Å².